The summed E-state index contributed by atoms with van der Waals surface area (Å²) >= 11 is 1.54. The van der Waals surface area contributed by atoms with E-state index in [-0.39, 0.29) is 30.0 Å². The molecule has 5 atom stereocenters. The van der Waals surface area contributed by atoms with Crippen molar-refractivity contribution in [3.05, 3.63) is 29.8 Å². The quantitative estimate of drug-likeness (QED) is 0.211. The number of thioether (sulfide) groups is 1. The van der Waals surface area contributed by atoms with Gasteiger partial charge in [0, 0.05) is 6.42 Å². The summed E-state index contributed by atoms with van der Waals surface area (Å²) in [5, 5.41) is 30.4. The highest BCUT2D eigenvalue weighted by Crippen LogP contribution is 2.14. The van der Waals surface area contributed by atoms with Gasteiger partial charge in [0.15, 0.2) is 0 Å². The van der Waals surface area contributed by atoms with Crippen molar-refractivity contribution >= 4 is 35.5 Å². The van der Waals surface area contributed by atoms with Gasteiger partial charge in [-0.15, -0.1) is 0 Å². The van der Waals surface area contributed by atoms with Gasteiger partial charge in [-0.05, 0) is 61.4 Å². The van der Waals surface area contributed by atoms with Crippen LogP contribution in [-0.4, -0.2) is 76.6 Å². The Morgan fingerprint density at radius 1 is 1.08 bits per heavy atom. The lowest BCUT2D eigenvalue weighted by Gasteiger charge is -2.26. The Hall–Kier alpha value is -2.79. The Morgan fingerprint density at radius 2 is 1.75 bits per heavy atom. The van der Waals surface area contributed by atoms with E-state index in [0.717, 1.165) is 13.0 Å². The van der Waals surface area contributed by atoms with Crippen LogP contribution in [-0.2, 0) is 25.6 Å². The third-order valence-corrected chi connectivity index (χ3v) is 7.05. The number of amides is 3. The van der Waals surface area contributed by atoms with Crippen molar-refractivity contribution in [3.63, 3.8) is 0 Å². The second-order valence-corrected chi connectivity index (χ2v) is 10.1. The zero-order valence-corrected chi connectivity index (χ0v) is 21.9. The SMILES string of the molecule is CCC(C)C(NC(=O)C(Cc1ccc(O)cc1)NC(=O)C(CCSC)NC(=O)C1CCCN1)C(=O)O. The Labute approximate surface area is 216 Å². The van der Waals surface area contributed by atoms with Gasteiger partial charge in [-0.3, -0.25) is 14.4 Å². The molecule has 1 saturated heterocycles. The standard InChI is InChI=1S/C25H38N4O6S/c1-4-15(2)21(25(34)35)29-24(33)20(14-16-7-9-17(30)10-8-16)28-23(32)19(11-13-36-3)27-22(31)18-6-5-12-26-18/h7-10,15,18-21,26,30H,4-6,11-14H2,1-3H3,(H,27,31)(H,28,32)(H,29,33)(H,34,35). The predicted molar refractivity (Wildman–Crippen MR) is 139 cm³/mol. The fourth-order valence-corrected chi connectivity index (χ4v) is 4.44. The number of nitrogens with one attached hydrogen (secondary N) is 4. The molecular formula is C25H38N4O6S. The maximum atomic E-state index is 13.3. The molecule has 0 saturated carbocycles. The predicted octanol–water partition coefficient (Wildman–Crippen LogP) is 1.02. The van der Waals surface area contributed by atoms with Gasteiger partial charge < -0.3 is 31.5 Å². The van der Waals surface area contributed by atoms with E-state index >= 15 is 0 Å². The number of phenolic OH excluding ortho intramolecular Hbond substituents is 1. The summed E-state index contributed by atoms with van der Waals surface area (Å²) in [6.07, 6.45) is 4.49. The number of rotatable bonds is 14. The van der Waals surface area contributed by atoms with Crippen LogP contribution in [0.4, 0.5) is 0 Å². The van der Waals surface area contributed by atoms with Crippen molar-refractivity contribution in [2.75, 3.05) is 18.6 Å². The van der Waals surface area contributed by atoms with E-state index in [1.165, 1.54) is 23.9 Å². The van der Waals surface area contributed by atoms with Crippen molar-refractivity contribution in [2.45, 2.75) is 70.1 Å². The van der Waals surface area contributed by atoms with Crippen LogP contribution < -0.4 is 21.3 Å². The minimum atomic E-state index is -1.15. The number of benzene rings is 1. The minimum absolute atomic E-state index is 0.0619. The maximum Gasteiger partial charge on any atom is 0.326 e. The lowest BCUT2D eigenvalue weighted by Crippen LogP contribution is -2.58. The topological polar surface area (TPSA) is 157 Å². The Morgan fingerprint density at radius 3 is 2.31 bits per heavy atom. The number of carboxylic acid groups (broad SMARTS) is 1. The summed E-state index contributed by atoms with van der Waals surface area (Å²) in [6, 6.07) is 2.83. The number of aromatic hydroxyl groups is 1. The first-order chi connectivity index (χ1) is 17.2. The van der Waals surface area contributed by atoms with Crippen molar-refractivity contribution < 1.29 is 29.4 Å². The first-order valence-corrected chi connectivity index (χ1v) is 13.7. The van der Waals surface area contributed by atoms with E-state index in [4.69, 9.17) is 0 Å². The van der Waals surface area contributed by atoms with Gasteiger partial charge in [0.1, 0.15) is 23.9 Å². The van der Waals surface area contributed by atoms with E-state index < -0.39 is 35.9 Å². The monoisotopic (exact) mass is 522 g/mol. The zero-order valence-electron chi connectivity index (χ0n) is 21.1. The Balaban J connectivity index is 2.21. The average molecular weight is 523 g/mol. The summed E-state index contributed by atoms with van der Waals surface area (Å²) < 4.78 is 0. The van der Waals surface area contributed by atoms with Crippen molar-refractivity contribution in [1.82, 2.24) is 21.3 Å². The van der Waals surface area contributed by atoms with Gasteiger partial charge in [-0.2, -0.15) is 11.8 Å². The number of phenols is 1. The van der Waals surface area contributed by atoms with Crippen molar-refractivity contribution in [3.8, 4) is 5.75 Å². The van der Waals surface area contributed by atoms with Crippen LogP contribution in [0.2, 0.25) is 0 Å². The Bertz CT molecular complexity index is 891. The molecule has 0 aliphatic carbocycles. The van der Waals surface area contributed by atoms with Gasteiger partial charge in [-0.1, -0.05) is 32.4 Å². The molecule has 1 aromatic rings. The van der Waals surface area contributed by atoms with Gasteiger partial charge in [-0.25, -0.2) is 4.79 Å². The molecule has 6 N–H and O–H groups in total. The smallest absolute Gasteiger partial charge is 0.326 e. The van der Waals surface area contributed by atoms with E-state index in [0.29, 0.717) is 30.6 Å². The van der Waals surface area contributed by atoms with Gasteiger partial charge in [0.25, 0.3) is 0 Å². The molecule has 0 bridgehead atoms. The average Bonchev–Trinajstić information content (AvgIpc) is 3.40. The summed E-state index contributed by atoms with van der Waals surface area (Å²) in [4.78, 5) is 50.9. The highest BCUT2D eigenvalue weighted by atomic mass is 32.2. The number of carbonyl (C=O) groups is 4. The molecule has 1 fully saturated rings. The molecule has 2 rings (SSSR count). The summed E-state index contributed by atoms with van der Waals surface area (Å²) in [7, 11) is 0. The molecule has 1 aliphatic rings. The molecule has 5 unspecified atom stereocenters. The van der Waals surface area contributed by atoms with E-state index in [1.807, 2.05) is 13.2 Å². The van der Waals surface area contributed by atoms with Crippen LogP contribution in [0, 0.1) is 5.92 Å². The molecule has 3 amide bonds. The van der Waals surface area contributed by atoms with Crippen LogP contribution in [0.25, 0.3) is 0 Å². The lowest BCUT2D eigenvalue weighted by atomic mass is 9.98. The number of hydrogen-bond acceptors (Lipinski definition) is 7. The summed E-state index contributed by atoms with van der Waals surface area (Å²) in [6.45, 7) is 4.31. The fraction of sp³-hybridized carbons (Fsp3) is 0.600. The van der Waals surface area contributed by atoms with E-state index in [9.17, 15) is 29.4 Å². The third kappa shape index (κ3) is 9.02. The molecule has 36 heavy (non-hydrogen) atoms. The third-order valence-electron chi connectivity index (χ3n) is 6.41. The molecule has 11 heteroatoms. The van der Waals surface area contributed by atoms with Gasteiger partial charge >= 0.3 is 5.97 Å². The normalized spacial score (nSPS) is 18.5. The molecule has 200 valence electrons. The van der Waals surface area contributed by atoms with Crippen LogP contribution in [0.15, 0.2) is 24.3 Å². The lowest BCUT2D eigenvalue weighted by molar-refractivity contribution is -0.143. The number of hydrogen-bond donors (Lipinski definition) is 6. The van der Waals surface area contributed by atoms with E-state index in [1.54, 1.807) is 19.1 Å². The molecule has 1 heterocycles. The maximum absolute atomic E-state index is 13.3. The van der Waals surface area contributed by atoms with Gasteiger partial charge in [0.05, 0.1) is 6.04 Å². The first-order valence-electron chi connectivity index (χ1n) is 12.3. The minimum Gasteiger partial charge on any atom is -0.508 e. The van der Waals surface area contributed by atoms with Crippen LogP contribution >= 0.6 is 11.8 Å². The number of carbonyl (C=O) groups excluding carboxylic acids is 3. The molecule has 1 aromatic carbocycles. The molecular weight excluding hydrogens is 484 g/mol. The number of aliphatic carboxylic acids is 1. The molecule has 0 radical (unpaired) electrons. The first kappa shape index (κ1) is 29.4. The van der Waals surface area contributed by atoms with Crippen LogP contribution in [0.3, 0.4) is 0 Å². The van der Waals surface area contributed by atoms with Crippen molar-refractivity contribution in [2.24, 2.45) is 5.92 Å². The number of carboxylic acids is 1. The Kier molecular flexibility index (Phi) is 12.0. The largest absolute Gasteiger partial charge is 0.508 e. The molecule has 1 aliphatic heterocycles. The van der Waals surface area contributed by atoms with Crippen LogP contribution in [0.1, 0.15) is 45.1 Å². The van der Waals surface area contributed by atoms with Crippen molar-refractivity contribution in [1.29, 1.82) is 0 Å². The summed E-state index contributed by atoms with van der Waals surface area (Å²) in [5.74, 6) is -2.17. The molecule has 10 nitrogen and oxygen atoms in total. The van der Waals surface area contributed by atoms with Gasteiger partial charge in [0.2, 0.25) is 17.7 Å². The van der Waals surface area contributed by atoms with E-state index in [2.05, 4.69) is 21.3 Å². The zero-order chi connectivity index (χ0) is 26.7. The summed E-state index contributed by atoms with van der Waals surface area (Å²) in [5.41, 5.74) is 0.670. The fourth-order valence-electron chi connectivity index (χ4n) is 3.97. The van der Waals surface area contributed by atoms with Crippen LogP contribution in [0.5, 0.6) is 5.75 Å². The molecule has 0 aromatic heterocycles. The second-order valence-electron chi connectivity index (χ2n) is 9.13. The highest BCUT2D eigenvalue weighted by Gasteiger charge is 2.32. The highest BCUT2D eigenvalue weighted by molar-refractivity contribution is 7.98. The second kappa shape index (κ2) is 14.7. The molecule has 0 spiro atoms.